The monoisotopic (exact) mass is 367 g/mol. The molecule has 7 heteroatoms. The molecule has 7 nitrogen and oxygen atoms in total. The highest BCUT2D eigenvalue weighted by molar-refractivity contribution is 6.39. The van der Waals surface area contributed by atoms with Gasteiger partial charge in [-0.3, -0.25) is 14.5 Å². The van der Waals surface area contributed by atoms with E-state index >= 15 is 0 Å². The number of rotatable bonds is 3. The van der Waals surface area contributed by atoms with Gasteiger partial charge in [-0.1, -0.05) is 30.3 Å². The summed E-state index contributed by atoms with van der Waals surface area (Å²) in [5.74, 6) is 0.0565. The van der Waals surface area contributed by atoms with E-state index in [1.54, 1.807) is 23.1 Å². The molecule has 1 N–H and O–H groups in total. The molecule has 2 aliphatic heterocycles. The molecule has 140 valence electrons. The molecule has 0 spiro atoms. The van der Waals surface area contributed by atoms with Crippen molar-refractivity contribution in [2.45, 2.75) is 6.54 Å². The molecule has 0 atom stereocenters. The van der Waals surface area contributed by atoms with Crippen molar-refractivity contribution in [2.75, 3.05) is 38.3 Å². The third kappa shape index (κ3) is 4.03. The molecule has 2 aromatic rings. The molecule has 0 unspecified atom stereocenters. The summed E-state index contributed by atoms with van der Waals surface area (Å²) in [5, 5.41) is 2.64. The number of fused-ring (bicyclic) bond motifs is 1. The Morgan fingerprint density at radius 1 is 0.926 bits per heavy atom. The van der Waals surface area contributed by atoms with E-state index < -0.39 is 11.8 Å². The first-order valence-corrected chi connectivity index (χ1v) is 8.95. The first kappa shape index (κ1) is 17.4. The van der Waals surface area contributed by atoms with Gasteiger partial charge in [0.2, 0.25) is 6.79 Å². The number of amides is 2. The maximum atomic E-state index is 12.4. The highest BCUT2D eigenvalue weighted by Crippen LogP contribution is 2.34. The summed E-state index contributed by atoms with van der Waals surface area (Å²) >= 11 is 0. The molecule has 2 amide bonds. The Bertz CT molecular complexity index is 832. The van der Waals surface area contributed by atoms with E-state index in [-0.39, 0.29) is 6.79 Å². The number of hydrogen-bond acceptors (Lipinski definition) is 5. The van der Waals surface area contributed by atoms with Crippen LogP contribution in [0.15, 0.2) is 48.5 Å². The van der Waals surface area contributed by atoms with Crippen LogP contribution in [0.4, 0.5) is 5.69 Å². The van der Waals surface area contributed by atoms with E-state index in [0.717, 1.165) is 19.6 Å². The minimum absolute atomic E-state index is 0.166. The zero-order valence-corrected chi connectivity index (χ0v) is 14.9. The predicted molar refractivity (Wildman–Crippen MR) is 99.5 cm³/mol. The average molecular weight is 367 g/mol. The summed E-state index contributed by atoms with van der Waals surface area (Å²) in [5.41, 5.74) is 1.76. The molecule has 0 bridgehead atoms. The van der Waals surface area contributed by atoms with Crippen molar-refractivity contribution in [2.24, 2.45) is 0 Å². The van der Waals surface area contributed by atoms with E-state index in [0.29, 0.717) is 30.3 Å². The molecule has 27 heavy (non-hydrogen) atoms. The molecule has 2 heterocycles. The van der Waals surface area contributed by atoms with Crippen molar-refractivity contribution in [1.29, 1.82) is 0 Å². The number of carbonyl (C=O) groups is 2. The lowest BCUT2D eigenvalue weighted by molar-refractivity contribution is -0.144. The molecular formula is C20H21N3O4. The summed E-state index contributed by atoms with van der Waals surface area (Å²) in [4.78, 5) is 28.6. The van der Waals surface area contributed by atoms with Gasteiger partial charge in [-0.05, 0) is 17.7 Å². The van der Waals surface area contributed by atoms with E-state index in [1.807, 2.05) is 18.2 Å². The van der Waals surface area contributed by atoms with E-state index in [2.05, 4.69) is 22.3 Å². The molecule has 0 aromatic heterocycles. The third-order valence-electron chi connectivity index (χ3n) is 4.73. The first-order chi connectivity index (χ1) is 13.2. The van der Waals surface area contributed by atoms with Crippen molar-refractivity contribution in [3.8, 4) is 11.5 Å². The average Bonchev–Trinajstić information content (AvgIpc) is 3.16. The molecule has 4 rings (SSSR count). The Kier molecular flexibility index (Phi) is 4.93. The lowest BCUT2D eigenvalue weighted by Gasteiger charge is -2.34. The van der Waals surface area contributed by atoms with Gasteiger partial charge in [-0.25, -0.2) is 0 Å². The minimum Gasteiger partial charge on any atom is -0.454 e. The number of hydrogen-bond donors (Lipinski definition) is 1. The lowest BCUT2D eigenvalue weighted by atomic mass is 10.2. The number of nitrogens with zero attached hydrogens (tertiary/aromatic N) is 2. The zero-order chi connectivity index (χ0) is 18.6. The SMILES string of the molecule is O=C(Nc1ccc2c(c1)OCO2)C(=O)N1CCN(Cc2ccccc2)CC1. The van der Waals surface area contributed by atoms with Crippen LogP contribution in [-0.2, 0) is 16.1 Å². The fraction of sp³-hybridized carbons (Fsp3) is 0.300. The Morgan fingerprint density at radius 2 is 1.67 bits per heavy atom. The molecule has 2 aromatic carbocycles. The minimum atomic E-state index is -0.634. The molecule has 0 saturated carbocycles. The van der Waals surface area contributed by atoms with Crippen molar-refractivity contribution >= 4 is 17.5 Å². The Morgan fingerprint density at radius 3 is 2.44 bits per heavy atom. The molecule has 0 aliphatic carbocycles. The molecule has 1 saturated heterocycles. The predicted octanol–water partition coefficient (Wildman–Crippen LogP) is 1.70. The van der Waals surface area contributed by atoms with Crippen LogP contribution in [0.25, 0.3) is 0 Å². The van der Waals surface area contributed by atoms with Crippen LogP contribution in [0.5, 0.6) is 11.5 Å². The Hall–Kier alpha value is -3.06. The Balaban J connectivity index is 1.29. The van der Waals surface area contributed by atoms with Crippen LogP contribution < -0.4 is 14.8 Å². The van der Waals surface area contributed by atoms with Gasteiger partial charge in [0.15, 0.2) is 11.5 Å². The molecule has 0 radical (unpaired) electrons. The first-order valence-electron chi connectivity index (χ1n) is 8.95. The van der Waals surface area contributed by atoms with Crippen LogP contribution in [0.2, 0.25) is 0 Å². The fourth-order valence-corrected chi connectivity index (χ4v) is 3.25. The van der Waals surface area contributed by atoms with Crippen LogP contribution in [-0.4, -0.2) is 54.6 Å². The number of anilines is 1. The maximum absolute atomic E-state index is 12.4. The van der Waals surface area contributed by atoms with Crippen molar-refractivity contribution in [3.05, 3.63) is 54.1 Å². The molecule has 2 aliphatic rings. The third-order valence-corrected chi connectivity index (χ3v) is 4.73. The summed E-state index contributed by atoms with van der Waals surface area (Å²) in [6.45, 7) is 3.60. The van der Waals surface area contributed by atoms with Crippen LogP contribution >= 0.6 is 0 Å². The molecular weight excluding hydrogens is 346 g/mol. The number of benzene rings is 2. The summed E-state index contributed by atoms with van der Waals surface area (Å²) in [6.07, 6.45) is 0. The second-order valence-corrected chi connectivity index (χ2v) is 6.58. The molecule has 1 fully saturated rings. The van der Waals surface area contributed by atoms with Gasteiger partial charge in [0.25, 0.3) is 0 Å². The standard InChI is InChI=1S/C20H21N3O4/c24-19(21-16-6-7-17-18(12-16)27-14-26-17)20(25)23-10-8-22(9-11-23)13-15-4-2-1-3-5-15/h1-7,12H,8-11,13-14H2,(H,21,24). The number of ether oxygens (including phenoxy) is 2. The van der Waals surface area contributed by atoms with Crippen molar-refractivity contribution in [3.63, 3.8) is 0 Å². The summed E-state index contributed by atoms with van der Waals surface area (Å²) < 4.78 is 10.5. The van der Waals surface area contributed by atoms with E-state index in [1.165, 1.54) is 5.56 Å². The zero-order valence-electron chi connectivity index (χ0n) is 14.9. The largest absolute Gasteiger partial charge is 0.454 e. The van der Waals surface area contributed by atoms with Crippen molar-refractivity contribution < 1.29 is 19.1 Å². The van der Waals surface area contributed by atoms with Gasteiger partial charge in [0, 0.05) is 44.5 Å². The highest BCUT2D eigenvalue weighted by atomic mass is 16.7. The lowest BCUT2D eigenvalue weighted by Crippen LogP contribution is -2.51. The topological polar surface area (TPSA) is 71.1 Å². The number of nitrogens with one attached hydrogen (secondary N) is 1. The fourth-order valence-electron chi connectivity index (χ4n) is 3.25. The van der Waals surface area contributed by atoms with Crippen LogP contribution in [0.3, 0.4) is 0 Å². The van der Waals surface area contributed by atoms with Crippen molar-refractivity contribution in [1.82, 2.24) is 9.80 Å². The van der Waals surface area contributed by atoms with E-state index in [4.69, 9.17) is 9.47 Å². The smallest absolute Gasteiger partial charge is 0.313 e. The highest BCUT2D eigenvalue weighted by Gasteiger charge is 2.26. The second kappa shape index (κ2) is 7.67. The summed E-state index contributed by atoms with van der Waals surface area (Å²) in [7, 11) is 0. The van der Waals surface area contributed by atoms with Gasteiger partial charge >= 0.3 is 11.8 Å². The van der Waals surface area contributed by atoms with Crippen LogP contribution in [0.1, 0.15) is 5.56 Å². The summed E-state index contributed by atoms with van der Waals surface area (Å²) in [6, 6.07) is 15.3. The van der Waals surface area contributed by atoms with Gasteiger partial charge in [0.05, 0.1) is 0 Å². The Labute approximate surface area is 157 Å². The van der Waals surface area contributed by atoms with E-state index in [9.17, 15) is 9.59 Å². The number of piperazine rings is 1. The second-order valence-electron chi connectivity index (χ2n) is 6.58. The maximum Gasteiger partial charge on any atom is 0.313 e. The van der Waals surface area contributed by atoms with Gasteiger partial charge in [-0.15, -0.1) is 0 Å². The van der Waals surface area contributed by atoms with Gasteiger partial charge in [0.1, 0.15) is 0 Å². The quantitative estimate of drug-likeness (QED) is 0.836. The normalized spacial score (nSPS) is 16.2. The van der Waals surface area contributed by atoms with Gasteiger partial charge in [-0.2, -0.15) is 0 Å². The van der Waals surface area contributed by atoms with Crippen LogP contribution in [0, 0.1) is 0 Å². The van der Waals surface area contributed by atoms with Gasteiger partial charge < -0.3 is 19.7 Å². The number of carbonyl (C=O) groups excluding carboxylic acids is 2.